The zero-order valence-electron chi connectivity index (χ0n) is 5.54. The Morgan fingerprint density at radius 1 is 1.33 bits per heavy atom. The average molecular weight is 242 g/mol. The van der Waals surface area contributed by atoms with Crippen LogP contribution < -0.4 is 0 Å². The van der Waals surface area contributed by atoms with Gasteiger partial charge in [0.1, 0.15) is 11.4 Å². The third-order valence-electron chi connectivity index (χ3n) is 1.18. The van der Waals surface area contributed by atoms with Crippen LogP contribution in [0.5, 0.6) is 0 Å². The van der Waals surface area contributed by atoms with Crippen LogP contribution in [0.3, 0.4) is 0 Å². The molecule has 0 unspecified atom stereocenters. The quantitative estimate of drug-likeness (QED) is 0.611. The van der Waals surface area contributed by atoms with Crippen LogP contribution in [-0.4, -0.2) is 0 Å². The number of benzene rings is 1. The Bertz CT molecular complexity index is 272. The molecule has 0 aromatic heterocycles. The second-order valence-electron chi connectivity index (χ2n) is 2.01. The Morgan fingerprint density at radius 3 is 2.25 bits per heavy atom. The van der Waals surface area contributed by atoms with E-state index in [-0.39, 0.29) is 4.47 Å². The first-order valence-electron chi connectivity index (χ1n) is 2.86. The number of rotatable bonds is 0. The zero-order valence-corrected chi connectivity index (χ0v) is 7.13. The maximum Gasteiger partial charge on any atom is 0.420 e. The standard InChI is InChI=1S/C7H2BrF4/c8-4-2-1-3-5(9)6(4)7(10,11)12/h1-2H. The molecule has 0 amide bonds. The van der Waals surface area contributed by atoms with Crippen molar-refractivity contribution in [3.63, 3.8) is 0 Å². The molecule has 0 bridgehead atoms. The van der Waals surface area contributed by atoms with Crippen LogP contribution in [-0.2, 0) is 6.18 Å². The number of hydrogen-bond donors (Lipinski definition) is 0. The minimum absolute atomic E-state index is 0.314. The Labute approximate surface area is 74.3 Å². The highest BCUT2D eigenvalue weighted by Gasteiger charge is 2.36. The molecule has 0 atom stereocenters. The Balaban J connectivity index is 3.31. The molecule has 0 aliphatic heterocycles. The molecule has 1 rings (SSSR count). The van der Waals surface area contributed by atoms with Gasteiger partial charge in [-0.25, -0.2) is 4.39 Å². The van der Waals surface area contributed by atoms with Crippen LogP contribution in [0, 0.1) is 11.9 Å². The van der Waals surface area contributed by atoms with Crippen molar-refractivity contribution in [3.8, 4) is 0 Å². The van der Waals surface area contributed by atoms with Crippen molar-refractivity contribution in [2.75, 3.05) is 0 Å². The van der Waals surface area contributed by atoms with E-state index in [0.29, 0.717) is 0 Å². The predicted molar refractivity (Wildman–Crippen MR) is 37.9 cm³/mol. The number of halogens is 5. The summed E-state index contributed by atoms with van der Waals surface area (Å²) >= 11 is 2.60. The van der Waals surface area contributed by atoms with Crippen molar-refractivity contribution in [1.82, 2.24) is 0 Å². The molecule has 5 heteroatoms. The molecule has 0 N–H and O–H groups in total. The Hall–Kier alpha value is -0.580. The van der Waals surface area contributed by atoms with Gasteiger partial charge in [-0.15, -0.1) is 0 Å². The Kier molecular flexibility index (Phi) is 2.41. The lowest BCUT2D eigenvalue weighted by molar-refractivity contribution is -0.140. The fraction of sp³-hybridized carbons (Fsp3) is 0.143. The summed E-state index contributed by atoms with van der Waals surface area (Å²) in [7, 11) is 0. The second-order valence-corrected chi connectivity index (χ2v) is 2.87. The van der Waals surface area contributed by atoms with Gasteiger partial charge in [-0.05, 0) is 6.07 Å². The van der Waals surface area contributed by atoms with Crippen molar-refractivity contribution in [3.05, 3.63) is 34.1 Å². The summed E-state index contributed by atoms with van der Waals surface area (Å²) in [4.78, 5) is 0. The van der Waals surface area contributed by atoms with Gasteiger partial charge >= 0.3 is 6.18 Å². The fourth-order valence-electron chi connectivity index (χ4n) is 0.708. The lowest BCUT2D eigenvalue weighted by Gasteiger charge is -2.08. The summed E-state index contributed by atoms with van der Waals surface area (Å²) in [5.41, 5.74) is -1.31. The van der Waals surface area contributed by atoms with Crippen molar-refractivity contribution >= 4 is 15.9 Å². The molecule has 0 saturated carbocycles. The molecule has 65 valence electrons. The highest BCUT2D eigenvalue weighted by Crippen LogP contribution is 2.36. The third kappa shape index (κ3) is 1.77. The summed E-state index contributed by atoms with van der Waals surface area (Å²) in [5.74, 6) is -1.39. The molecule has 0 nitrogen and oxygen atoms in total. The second kappa shape index (κ2) is 3.05. The summed E-state index contributed by atoms with van der Waals surface area (Å²) < 4.78 is 48.3. The van der Waals surface area contributed by atoms with Crippen molar-refractivity contribution in [2.45, 2.75) is 6.18 Å². The van der Waals surface area contributed by atoms with E-state index in [1.54, 1.807) is 0 Å². The van der Waals surface area contributed by atoms with Gasteiger partial charge in [0, 0.05) is 10.5 Å². The molecule has 12 heavy (non-hydrogen) atoms. The van der Waals surface area contributed by atoms with Crippen LogP contribution in [0.15, 0.2) is 16.6 Å². The molecule has 0 heterocycles. The molecular formula is C7H2BrF4. The minimum atomic E-state index is -4.68. The van der Waals surface area contributed by atoms with Crippen molar-refractivity contribution in [1.29, 1.82) is 0 Å². The van der Waals surface area contributed by atoms with Gasteiger partial charge in [0.05, 0.1) is 0 Å². The van der Waals surface area contributed by atoms with Crippen LogP contribution in [0.4, 0.5) is 17.6 Å². The maximum absolute atomic E-state index is 12.5. The molecule has 0 aliphatic rings. The highest BCUT2D eigenvalue weighted by molar-refractivity contribution is 9.10. The van der Waals surface area contributed by atoms with E-state index in [0.717, 1.165) is 12.1 Å². The summed E-state index contributed by atoms with van der Waals surface area (Å²) in [6.07, 6.45) is -4.68. The van der Waals surface area contributed by atoms with Gasteiger partial charge in [0.15, 0.2) is 0 Å². The van der Waals surface area contributed by atoms with Gasteiger partial charge in [0.2, 0.25) is 0 Å². The van der Waals surface area contributed by atoms with Gasteiger partial charge in [-0.2, -0.15) is 13.2 Å². The average Bonchev–Trinajstić information content (AvgIpc) is 1.82. The number of hydrogen-bond acceptors (Lipinski definition) is 0. The molecule has 1 radical (unpaired) electrons. The molecule has 0 fully saturated rings. The van der Waals surface area contributed by atoms with Gasteiger partial charge in [-0.3, -0.25) is 0 Å². The van der Waals surface area contributed by atoms with Gasteiger partial charge < -0.3 is 0 Å². The molecule has 0 spiro atoms. The fourth-order valence-corrected chi connectivity index (χ4v) is 1.24. The largest absolute Gasteiger partial charge is 0.420 e. The van der Waals surface area contributed by atoms with E-state index < -0.39 is 17.6 Å². The van der Waals surface area contributed by atoms with Crippen LogP contribution in [0.2, 0.25) is 0 Å². The monoisotopic (exact) mass is 241 g/mol. The van der Waals surface area contributed by atoms with E-state index in [9.17, 15) is 17.6 Å². The zero-order chi connectivity index (χ0) is 9.35. The van der Waals surface area contributed by atoms with Crippen LogP contribution in [0.25, 0.3) is 0 Å². The molecule has 1 aromatic rings. The first-order chi connectivity index (χ1) is 5.43. The maximum atomic E-state index is 12.5. The summed E-state index contributed by atoms with van der Waals surface area (Å²) in [6, 6.07) is 4.00. The lowest BCUT2D eigenvalue weighted by atomic mass is 10.2. The normalized spacial score (nSPS) is 11.8. The molecular weight excluding hydrogens is 240 g/mol. The first-order valence-corrected chi connectivity index (χ1v) is 3.65. The van der Waals surface area contributed by atoms with E-state index in [1.807, 2.05) is 6.07 Å². The first kappa shape index (κ1) is 9.51. The van der Waals surface area contributed by atoms with Gasteiger partial charge in [0.25, 0.3) is 0 Å². The highest BCUT2D eigenvalue weighted by atomic mass is 79.9. The Morgan fingerprint density at radius 2 is 1.92 bits per heavy atom. The smallest absolute Gasteiger partial charge is 0.206 e. The van der Waals surface area contributed by atoms with Gasteiger partial charge in [-0.1, -0.05) is 22.0 Å². The summed E-state index contributed by atoms with van der Waals surface area (Å²) in [6.45, 7) is 0. The van der Waals surface area contributed by atoms with Crippen molar-refractivity contribution in [2.24, 2.45) is 0 Å². The lowest BCUT2D eigenvalue weighted by Crippen LogP contribution is -2.08. The third-order valence-corrected chi connectivity index (χ3v) is 1.84. The summed E-state index contributed by atoms with van der Waals surface area (Å²) in [5, 5.41) is 0. The van der Waals surface area contributed by atoms with Crippen LogP contribution in [0.1, 0.15) is 5.56 Å². The predicted octanol–water partition coefficient (Wildman–Crippen LogP) is 3.41. The minimum Gasteiger partial charge on any atom is -0.206 e. The van der Waals surface area contributed by atoms with E-state index in [2.05, 4.69) is 15.9 Å². The van der Waals surface area contributed by atoms with E-state index >= 15 is 0 Å². The van der Waals surface area contributed by atoms with E-state index in [4.69, 9.17) is 0 Å². The molecule has 1 aromatic carbocycles. The number of alkyl halides is 3. The van der Waals surface area contributed by atoms with Crippen molar-refractivity contribution < 1.29 is 17.6 Å². The molecule has 0 saturated heterocycles. The SMILES string of the molecule is Fc1[c]ccc(Br)c1C(F)(F)F. The topological polar surface area (TPSA) is 0 Å². The van der Waals surface area contributed by atoms with E-state index in [1.165, 1.54) is 0 Å². The van der Waals surface area contributed by atoms with Crippen LogP contribution >= 0.6 is 15.9 Å². The molecule has 0 aliphatic carbocycles.